The van der Waals surface area contributed by atoms with Gasteiger partial charge >= 0.3 is 5.97 Å². The van der Waals surface area contributed by atoms with E-state index in [1.807, 2.05) is 0 Å². The minimum absolute atomic E-state index is 0.0202. The topological polar surface area (TPSA) is 99.5 Å². The van der Waals surface area contributed by atoms with E-state index in [-0.39, 0.29) is 18.0 Å². The van der Waals surface area contributed by atoms with Gasteiger partial charge in [-0.05, 0) is 25.5 Å². The Bertz CT molecular complexity index is 461. The first-order chi connectivity index (χ1) is 8.40. The summed E-state index contributed by atoms with van der Waals surface area (Å²) in [5, 5.41) is 21.0. The van der Waals surface area contributed by atoms with Crippen molar-refractivity contribution in [2.45, 2.75) is 20.3 Å². The summed E-state index contributed by atoms with van der Waals surface area (Å²) in [7, 11) is 0. The number of carbonyl (C=O) groups is 2. The van der Waals surface area contributed by atoms with Crippen molar-refractivity contribution in [2.24, 2.45) is 5.41 Å². The Labute approximate surface area is 105 Å². The van der Waals surface area contributed by atoms with Gasteiger partial charge in [-0.2, -0.15) is 0 Å². The number of carbonyl (C=O) groups excluding carboxylic acids is 1. The molecule has 3 N–H and O–H groups in total. The number of pyridine rings is 1. The van der Waals surface area contributed by atoms with Crippen molar-refractivity contribution in [1.82, 2.24) is 10.3 Å². The molecule has 0 aliphatic heterocycles. The van der Waals surface area contributed by atoms with Crippen LogP contribution in [0.1, 0.15) is 30.8 Å². The van der Waals surface area contributed by atoms with Crippen LogP contribution in [0.2, 0.25) is 0 Å². The molecular formula is C12H16N2O4. The predicted octanol–water partition coefficient (Wildman–Crippen LogP) is 1.02. The Morgan fingerprint density at radius 1 is 1.50 bits per heavy atom. The third kappa shape index (κ3) is 2.97. The van der Waals surface area contributed by atoms with Gasteiger partial charge in [0.25, 0.3) is 5.91 Å². The molecule has 1 aromatic rings. The summed E-state index contributed by atoms with van der Waals surface area (Å²) >= 11 is 0. The predicted molar refractivity (Wildman–Crippen MR) is 64.3 cm³/mol. The number of aromatic hydroxyl groups is 1. The summed E-state index contributed by atoms with van der Waals surface area (Å²) in [4.78, 5) is 26.5. The van der Waals surface area contributed by atoms with E-state index in [9.17, 15) is 14.7 Å². The molecule has 0 aromatic carbocycles. The molecule has 0 aliphatic carbocycles. The fraction of sp³-hybridized carbons (Fsp3) is 0.417. The normalized spacial score (nSPS) is 13.7. The average Bonchev–Trinajstić information content (AvgIpc) is 2.35. The third-order valence-corrected chi connectivity index (χ3v) is 2.94. The highest BCUT2D eigenvalue weighted by Gasteiger charge is 2.31. The van der Waals surface area contributed by atoms with Crippen LogP contribution in [0.5, 0.6) is 5.75 Å². The molecule has 1 amide bonds. The standard InChI is InChI=1S/C12H16N2O4/c1-3-12(2,11(17)18)7-14-10(16)9-8(15)5-4-6-13-9/h4-6,15H,3,7H2,1-2H3,(H,14,16)(H,17,18). The van der Waals surface area contributed by atoms with Crippen LogP contribution in [-0.4, -0.2) is 33.6 Å². The Morgan fingerprint density at radius 2 is 2.17 bits per heavy atom. The van der Waals surface area contributed by atoms with E-state index < -0.39 is 17.3 Å². The lowest BCUT2D eigenvalue weighted by molar-refractivity contribution is -0.147. The Morgan fingerprint density at radius 3 is 2.67 bits per heavy atom. The van der Waals surface area contributed by atoms with E-state index in [1.54, 1.807) is 13.8 Å². The number of aromatic nitrogens is 1. The number of nitrogens with one attached hydrogen (secondary N) is 1. The van der Waals surface area contributed by atoms with Crippen LogP contribution in [0.15, 0.2) is 18.3 Å². The first-order valence-corrected chi connectivity index (χ1v) is 5.56. The average molecular weight is 252 g/mol. The van der Waals surface area contributed by atoms with Crippen LogP contribution in [0.4, 0.5) is 0 Å². The van der Waals surface area contributed by atoms with Crippen LogP contribution in [0.3, 0.4) is 0 Å². The summed E-state index contributed by atoms with van der Waals surface area (Å²) in [5.74, 6) is -1.80. The smallest absolute Gasteiger partial charge is 0.311 e. The van der Waals surface area contributed by atoms with Gasteiger partial charge in [-0.25, -0.2) is 4.98 Å². The minimum Gasteiger partial charge on any atom is -0.505 e. The molecule has 0 saturated heterocycles. The van der Waals surface area contributed by atoms with E-state index in [0.717, 1.165) is 0 Å². The van der Waals surface area contributed by atoms with Crippen LogP contribution in [0, 0.1) is 5.41 Å². The van der Waals surface area contributed by atoms with E-state index in [1.165, 1.54) is 18.3 Å². The fourth-order valence-electron chi connectivity index (χ4n) is 1.28. The van der Waals surface area contributed by atoms with Crippen LogP contribution >= 0.6 is 0 Å². The second-order valence-corrected chi connectivity index (χ2v) is 4.27. The lowest BCUT2D eigenvalue weighted by atomic mass is 9.88. The molecule has 1 aromatic heterocycles. The van der Waals surface area contributed by atoms with E-state index in [2.05, 4.69) is 10.3 Å². The summed E-state index contributed by atoms with van der Waals surface area (Å²) in [6, 6.07) is 2.84. The molecule has 0 spiro atoms. The molecule has 0 aliphatic rings. The van der Waals surface area contributed by atoms with Crippen molar-refractivity contribution < 1.29 is 19.8 Å². The zero-order chi connectivity index (χ0) is 13.8. The number of carboxylic acid groups (broad SMARTS) is 1. The SMILES string of the molecule is CCC(C)(CNC(=O)c1ncccc1O)C(=O)O. The maximum Gasteiger partial charge on any atom is 0.311 e. The van der Waals surface area contributed by atoms with Gasteiger partial charge in [0.15, 0.2) is 5.69 Å². The molecule has 6 heteroatoms. The van der Waals surface area contributed by atoms with Crippen molar-refractivity contribution in [3.8, 4) is 5.75 Å². The van der Waals surface area contributed by atoms with Crippen LogP contribution in [0.25, 0.3) is 0 Å². The van der Waals surface area contributed by atoms with Gasteiger partial charge in [0, 0.05) is 12.7 Å². The van der Waals surface area contributed by atoms with Crippen molar-refractivity contribution >= 4 is 11.9 Å². The molecule has 1 unspecified atom stereocenters. The highest BCUT2D eigenvalue weighted by molar-refractivity contribution is 5.95. The van der Waals surface area contributed by atoms with Gasteiger partial charge in [-0.1, -0.05) is 6.92 Å². The lowest BCUT2D eigenvalue weighted by Crippen LogP contribution is -2.40. The van der Waals surface area contributed by atoms with E-state index in [0.29, 0.717) is 6.42 Å². The summed E-state index contributed by atoms with van der Waals surface area (Å²) < 4.78 is 0. The highest BCUT2D eigenvalue weighted by atomic mass is 16.4. The number of amides is 1. The minimum atomic E-state index is -1.03. The largest absolute Gasteiger partial charge is 0.505 e. The summed E-state index contributed by atoms with van der Waals surface area (Å²) in [5.41, 5.74) is -1.14. The molecule has 98 valence electrons. The van der Waals surface area contributed by atoms with Crippen LogP contribution in [-0.2, 0) is 4.79 Å². The molecule has 1 rings (SSSR count). The quantitative estimate of drug-likeness (QED) is 0.726. The van der Waals surface area contributed by atoms with Crippen LogP contribution < -0.4 is 5.32 Å². The molecule has 0 saturated carbocycles. The number of rotatable bonds is 5. The zero-order valence-electron chi connectivity index (χ0n) is 10.3. The number of carboxylic acids is 1. The Hall–Kier alpha value is -2.11. The second kappa shape index (κ2) is 5.48. The Kier molecular flexibility index (Phi) is 4.25. The third-order valence-electron chi connectivity index (χ3n) is 2.94. The highest BCUT2D eigenvalue weighted by Crippen LogP contribution is 2.20. The monoisotopic (exact) mass is 252 g/mol. The maximum absolute atomic E-state index is 11.7. The van der Waals surface area contributed by atoms with Crippen molar-refractivity contribution in [3.05, 3.63) is 24.0 Å². The number of nitrogens with zero attached hydrogens (tertiary/aromatic N) is 1. The van der Waals surface area contributed by atoms with Crippen molar-refractivity contribution in [1.29, 1.82) is 0 Å². The first kappa shape index (κ1) is 14.0. The molecule has 0 fully saturated rings. The number of hydrogen-bond donors (Lipinski definition) is 3. The molecule has 1 heterocycles. The second-order valence-electron chi connectivity index (χ2n) is 4.27. The van der Waals surface area contributed by atoms with E-state index in [4.69, 9.17) is 5.11 Å². The van der Waals surface area contributed by atoms with Gasteiger partial charge in [0.2, 0.25) is 0 Å². The lowest BCUT2D eigenvalue weighted by Gasteiger charge is -2.23. The molecule has 1 atom stereocenters. The zero-order valence-corrected chi connectivity index (χ0v) is 10.3. The molecule has 0 radical (unpaired) electrons. The number of aliphatic carboxylic acids is 1. The van der Waals surface area contributed by atoms with Gasteiger partial charge in [-0.15, -0.1) is 0 Å². The number of hydrogen-bond acceptors (Lipinski definition) is 4. The molecule has 18 heavy (non-hydrogen) atoms. The summed E-state index contributed by atoms with van der Waals surface area (Å²) in [6.07, 6.45) is 1.77. The molecule has 6 nitrogen and oxygen atoms in total. The van der Waals surface area contributed by atoms with Gasteiger partial charge in [0.1, 0.15) is 5.75 Å². The van der Waals surface area contributed by atoms with Gasteiger partial charge in [0.05, 0.1) is 5.41 Å². The Balaban J connectivity index is 2.73. The van der Waals surface area contributed by atoms with E-state index >= 15 is 0 Å². The maximum atomic E-state index is 11.7. The summed E-state index contributed by atoms with van der Waals surface area (Å²) in [6.45, 7) is 3.26. The van der Waals surface area contributed by atoms with Crippen molar-refractivity contribution in [3.63, 3.8) is 0 Å². The van der Waals surface area contributed by atoms with Crippen molar-refractivity contribution in [2.75, 3.05) is 6.54 Å². The molecular weight excluding hydrogens is 236 g/mol. The first-order valence-electron chi connectivity index (χ1n) is 5.56. The van der Waals surface area contributed by atoms with Gasteiger partial charge in [-0.3, -0.25) is 9.59 Å². The van der Waals surface area contributed by atoms with Gasteiger partial charge < -0.3 is 15.5 Å². The fourth-order valence-corrected chi connectivity index (χ4v) is 1.28. The molecule has 0 bridgehead atoms.